The Bertz CT molecular complexity index is 1220. The molecule has 30 heavy (non-hydrogen) atoms. The van der Waals surface area contributed by atoms with Crippen molar-refractivity contribution in [2.24, 2.45) is 5.73 Å². The highest BCUT2D eigenvalue weighted by Gasteiger charge is 2.14. The molecule has 0 bridgehead atoms. The average Bonchev–Trinajstić information content (AvgIpc) is 3.15. The number of benzene rings is 2. The number of hydrogen-bond acceptors (Lipinski definition) is 5. The quantitative estimate of drug-likeness (QED) is 0.412. The summed E-state index contributed by atoms with van der Waals surface area (Å²) in [4.78, 5) is 16.2. The van der Waals surface area contributed by atoms with Crippen molar-refractivity contribution in [3.63, 3.8) is 0 Å². The molecule has 2 aromatic carbocycles. The number of fused-ring (bicyclic) bond motifs is 2. The van der Waals surface area contributed by atoms with Gasteiger partial charge in [-0.1, -0.05) is 0 Å². The molecule has 7 heteroatoms. The van der Waals surface area contributed by atoms with Crippen LogP contribution in [0.2, 0.25) is 0 Å². The van der Waals surface area contributed by atoms with E-state index < -0.39 is 5.91 Å². The third-order valence-electron chi connectivity index (χ3n) is 5.01. The predicted octanol–water partition coefficient (Wildman–Crippen LogP) is 4.84. The number of nitrogens with zero attached hydrogens (tertiary/aromatic N) is 2. The van der Waals surface area contributed by atoms with Gasteiger partial charge in [0.1, 0.15) is 17.2 Å². The molecule has 0 spiro atoms. The topological polar surface area (TPSA) is 79.4 Å². The molecule has 0 saturated carbocycles. The largest absolute Gasteiger partial charge is 0.496 e. The molecule has 6 nitrogen and oxygen atoms in total. The van der Waals surface area contributed by atoms with Crippen molar-refractivity contribution in [2.75, 3.05) is 19.1 Å². The number of primary amides is 1. The predicted molar refractivity (Wildman–Crippen MR) is 122 cm³/mol. The second-order valence-electron chi connectivity index (χ2n) is 6.92. The van der Waals surface area contributed by atoms with Crippen LogP contribution in [0, 0.1) is 0 Å². The van der Waals surface area contributed by atoms with Gasteiger partial charge >= 0.3 is 0 Å². The van der Waals surface area contributed by atoms with Crippen LogP contribution in [0.5, 0.6) is 17.2 Å². The summed E-state index contributed by atoms with van der Waals surface area (Å²) in [7, 11) is 1.50. The minimum absolute atomic E-state index is 0.292. The summed E-state index contributed by atoms with van der Waals surface area (Å²) in [6.45, 7) is 0.997. The van der Waals surface area contributed by atoms with Crippen LogP contribution in [0.3, 0.4) is 0 Å². The van der Waals surface area contributed by atoms with Crippen LogP contribution in [0.15, 0.2) is 54.9 Å². The SMILES string of the molecule is COc1cc2nccc(Oc3ccc4c(ccn4CCCSC)c3)c2cc1C(N)=O. The average molecular weight is 422 g/mol. The smallest absolute Gasteiger partial charge is 0.252 e. The lowest BCUT2D eigenvalue weighted by molar-refractivity contribution is 0.0997. The number of rotatable bonds is 8. The Kier molecular flexibility index (Phi) is 5.81. The van der Waals surface area contributed by atoms with Crippen LogP contribution < -0.4 is 15.2 Å². The van der Waals surface area contributed by atoms with E-state index in [0.29, 0.717) is 33.7 Å². The van der Waals surface area contributed by atoms with Gasteiger partial charge in [-0.3, -0.25) is 9.78 Å². The van der Waals surface area contributed by atoms with Crippen molar-refractivity contribution in [1.82, 2.24) is 9.55 Å². The molecule has 2 heterocycles. The standard InChI is InChI=1S/C23H23N3O3S/c1-28-22-14-19-17(13-18(22)23(24)27)21(6-8-25-19)29-16-4-5-20-15(12-16)7-10-26(20)9-3-11-30-2/h4-8,10,12-14H,3,9,11H2,1-2H3,(H2,24,27). The summed E-state index contributed by atoms with van der Waals surface area (Å²) in [5.41, 5.74) is 7.65. The summed E-state index contributed by atoms with van der Waals surface area (Å²) in [6, 6.07) is 13.3. The van der Waals surface area contributed by atoms with Crippen molar-refractivity contribution >= 4 is 39.5 Å². The molecule has 2 aromatic heterocycles. The molecule has 154 valence electrons. The van der Waals surface area contributed by atoms with Gasteiger partial charge in [0.15, 0.2) is 0 Å². The highest BCUT2D eigenvalue weighted by atomic mass is 32.2. The molecule has 0 aliphatic carbocycles. The molecular weight excluding hydrogens is 398 g/mol. The number of aryl methyl sites for hydroxylation is 1. The van der Waals surface area contributed by atoms with Gasteiger partial charge in [0, 0.05) is 41.3 Å². The van der Waals surface area contributed by atoms with Crippen LogP contribution >= 0.6 is 11.8 Å². The Hall–Kier alpha value is -3.19. The number of thioether (sulfide) groups is 1. The minimum atomic E-state index is -0.562. The maximum absolute atomic E-state index is 11.8. The van der Waals surface area contributed by atoms with Gasteiger partial charge in [-0.2, -0.15) is 11.8 Å². The summed E-state index contributed by atoms with van der Waals surface area (Å²) >= 11 is 1.86. The zero-order chi connectivity index (χ0) is 21.1. The number of hydrogen-bond donors (Lipinski definition) is 1. The number of amides is 1. The normalized spacial score (nSPS) is 11.1. The number of carbonyl (C=O) groups excluding carboxylic acids is 1. The molecule has 0 radical (unpaired) electrons. The first-order valence-electron chi connectivity index (χ1n) is 9.63. The van der Waals surface area contributed by atoms with Crippen LogP contribution in [-0.2, 0) is 6.54 Å². The van der Waals surface area contributed by atoms with E-state index in [-0.39, 0.29) is 0 Å². The number of aromatic nitrogens is 2. The first-order chi connectivity index (χ1) is 14.6. The van der Waals surface area contributed by atoms with Gasteiger partial charge in [-0.05, 0) is 54.8 Å². The lowest BCUT2D eigenvalue weighted by Gasteiger charge is -2.12. The van der Waals surface area contributed by atoms with Gasteiger partial charge < -0.3 is 19.8 Å². The zero-order valence-electron chi connectivity index (χ0n) is 16.9. The van der Waals surface area contributed by atoms with Gasteiger partial charge in [0.05, 0.1) is 18.2 Å². The molecule has 1 amide bonds. The first-order valence-corrected chi connectivity index (χ1v) is 11.0. The maximum Gasteiger partial charge on any atom is 0.252 e. The molecule has 0 saturated heterocycles. The fourth-order valence-corrected chi connectivity index (χ4v) is 3.96. The van der Waals surface area contributed by atoms with Gasteiger partial charge in [0.25, 0.3) is 5.91 Å². The lowest BCUT2D eigenvalue weighted by Crippen LogP contribution is -2.12. The van der Waals surface area contributed by atoms with E-state index in [9.17, 15) is 4.79 Å². The van der Waals surface area contributed by atoms with E-state index in [4.69, 9.17) is 15.2 Å². The fourth-order valence-electron chi connectivity index (χ4n) is 3.54. The van der Waals surface area contributed by atoms with Crippen LogP contribution in [0.25, 0.3) is 21.8 Å². The summed E-state index contributed by atoms with van der Waals surface area (Å²) in [5, 5.41) is 1.82. The highest BCUT2D eigenvalue weighted by Crippen LogP contribution is 2.34. The second kappa shape index (κ2) is 8.67. The van der Waals surface area contributed by atoms with Crippen molar-refractivity contribution in [2.45, 2.75) is 13.0 Å². The maximum atomic E-state index is 11.8. The van der Waals surface area contributed by atoms with Crippen LogP contribution in [0.1, 0.15) is 16.8 Å². The fraction of sp³-hybridized carbons (Fsp3) is 0.217. The lowest BCUT2D eigenvalue weighted by atomic mass is 10.1. The number of nitrogens with two attached hydrogens (primary N) is 1. The first kappa shape index (κ1) is 20.1. The van der Waals surface area contributed by atoms with Crippen LogP contribution in [0.4, 0.5) is 0 Å². The highest BCUT2D eigenvalue weighted by molar-refractivity contribution is 7.98. The summed E-state index contributed by atoms with van der Waals surface area (Å²) in [6.07, 6.45) is 7.05. The van der Waals surface area contributed by atoms with Crippen molar-refractivity contribution < 1.29 is 14.3 Å². The number of pyridine rings is 1. The minimum Gasteiger partial charge on any atom is -0.496 e. The van der Waals surface area contributed by atoms with E-state index in [1.54, 1.807) is 24.4 Å². The Balaban J connectivity index is 1.67. The van der Waals surface area contributed by atoms with E-state index in [1.807, 2.05) is 23.9 Å². The monoisotopic (exact) mass is 421 g/mol. The Morgan fingerprint density at radius 2 is 2.03 bits per heavy atom. The van der Waals surface area contributed by atoms with Gasteiger partial charge in [0.2, 0.25) is 0 Å². The third-order valence-corrected chi connectivity index (χ3v) is 5.70. The van der Waals surface area contributed by atoms with Crippen molar-refractivity contribution in [3.8, 4) is 17.2 Å². The summed E-state index contributed by atoms with van der Waals surface area (Å²) < 4.78 is 13.7. The van der Waals surface area contributed by atoms with Crippen molar-refractivity contribution in [3.05, 3.63) is 60.4 Å². The Morgan fingerprint density at radius 3 is 2.80 bits per heavy atom. The Labute approximate surface area is 179 Å². The molecule has 4 aromatic rings. The molecule has 0 aliphatic rings. The third kappa shape index (κ3) is 3.93. The molecular formula is C23H23N3O3S. The van der Waals surface area contributed by atoms with Crippen LogP contribution in [-0.4, -0.2) is 34.6 Å². The van der Waals surface area contributed by atoms with Gasteiger partial charge in [-0.25, -0.2) is 0 Å². The number of ether oxygens (including phenoxy) is 2. The van der Waals surface area contributed by atoms with E-state index >= 15 is 0 Å². The zero-order valence-corrected chi connectivity index (χ0v) is 17.7. The molecule has 0 atom stereocenters. The molecule has 0 fully saturated rings. The van der Waals surface area contributed by atoms with Crippen molar-refractivity contribution in [1.29, 1.82) is 0 Å². The van der Waals surface area contributed by atoms with E-state index in [1.165, 1.54) is 12.6 Å². The van der Waals surface area contributed by atoms with E-state index in [2.05, 4.69) is 34.1 Å². The number of carbonyl (C=O) groups is 1. The molecule has 0 unspecified atom stereocenters. The molecule has 2 N–H and O–H groups in total. The molecule has 4 rings (SSSR count). The van der Waals surface area contributed by atoms with E-state index in [0.717, 1.165) is 24.1 Å². The second-order valence-corrected chi connectivity index (χ2v) is 7.91. The Morgan fingerprint density at radius 1 is 1.17 bits per heavy atom. The summed E-state index contributed by atoms with van der Waals surface area (Å²) in [5.74, 6) is 2.29. The molecule has 0 aliphatic heterocycles. The number of methoxy groups -OCH3 is 1. The van der Waals surface area contributed by atoms with Gasteiger partial charge in [-0.15, -0.1) is 0 Å².